The molecule has 1 heteroatoms. The zero-order valence-corrected chi connectivity index (χ0v) is 10.4. The molecular weight excluding hydrogens is 211 g/mol. The zero-order valence-electron chi connectivity index (χ0n) is 8.68. The molecular formula is C11H22Se. The Hall–Kier alpha value is 0.259. The Morgan fingerprint density at radius 3 is 2.58 bits per heavy atom. The molecule has 0 rings (SSSR count). The van der Waals surface area contributed by atoms with Crippen molar-refractivity contribution >= 4 is 15.0 Å². The van der Waals surface area contributed by atoms with Gasteiger partial charge in [0.25, 0.3) is 0 Å². The molecule has 0 amide bonds. The minimum absolute atomic E-state index is 0.864. The van der Waals surface area contributed by atoms with Crippen LogP contribution in [0.25, 0.3) is 0 Å². The fourth-order valence-corrected chi connectivity index (χ4v) is 2.00. The molecule has 0 spiro atoms. The molecule has 0 aliphatic heterocycles. The number of hydrogen-bond donors (Lipinski definition) is 0. The van der Waals surface area contributed by atoms with Crippen molar-refractivity contribution in [2.45, 2.75) is 56.6 Å². The topological polar surface area (TPSA) is 0 Å². The molecule has 0 saturated carbocycles. The molecule has 0 bridgehead atoms. The quantitative estimate of drug-likeness (QED) is 0.353. The molecule has 72 valence electrons. The maximum absolute atomic E-state index is 2.38. The third kappa shape index (κ3) is 8.36. The van der Waals surface area contributed by atoms with E-state index in [-0.39, 0.29) is 0 Å². The summed E-state index contributed by atoms with van der Waals surface area (Å²) in [7, 11) is 0. The van der Waals surface area contributed by atoms with Crippen molar-refractivity contribution in [3.8, 4) is 0 Å². The van der Waals surface area contributed by atoms with Gasteiger partial charge in [-0.05, 0) is 0 Å². The van der Waals surface area contributed by atoms with E-state index in [2.05, 4.69) is 31.8 Å². The van der Waals surface area contributed by atoms with Gasteiger partial charge in [-0.15, -0.1) is 0 Å². The summed E-state index contributed by atoms with van der Waals surface area (Å²) < 4.78 is 0. The average molecular weight is 233 g/mol. The molecule has 0 fully saturated rings. The molecule has 0 nitrogen and oxygen atoms in total. The van der Waals surface area contributed by atoms with Crippen LogP contribution in [-0.2, 0) is 0 Å². The molecule has 0 aliphatic carbocycles. The average Bonchev–Trinajstić information content (AvgIpc) is 2.10. The van der Waals surface area contributed by atoms with E-state index < -0.39 is 0 Å². The Morgan fingerprint density at radius 2 is 2.00 bits per heavy atom. The molecule has 0 N–H and O–H groups in total. The third-order valence-corrected chi connectivity index (χ3v) is 4.30. The van der Waals surface area contributed by atoms with Crippen molar-refractivity contribution in [1.82, 2.24) is 0 Å². The van der Waals surface area contributed by atoms with Crippen LogP contribution in [-0.4, -0.2) is 15.0 Å². The summed E-state index contributed by atoms with van der Waals surface area (Å²) in [6, 6.07) is 0. The Bertz CT molecular complexity index is 108. The number of rotatable bonds is 7. The fraction of sp³-hybridized carbons (Fsp3) is 0.818. The second kappa shape index (κ2) is 9.35. The van der Waals surface area contributed by atoms with Gasteiger partial charge in [0.15, 0.2) is 0 Å². The molecule has 0 aromatic carbocycles. The molecule has 1 unspecified atom stereocenters. The first kappa shape index (κ1) is 12.3. The first-order valence-corrected chi connectivity index (χ1v) is 7.65. The predicted molar refractivity (Wildman–Crippen MR) is 58.9 cm³/mol. The van der Waals surface area contributed by atoms with Crippen LogP contribution in [0, 0.1) is 0 Å². The van der Waals surface area contributed by atoms with E-state index in [4.69, 9.17) is 0 Å². The van der Waals surface area contributed by atoms with Crippen molar-refractivity contribution in [1.29, 1.82) is 0 Å². The number of hydrogen-bond acceptors (Lipinski definition) is 0. The zero-order chi connectivity index (χ0) is 9.23. The van der Waals surface area contributed by atoms with Gasteiger partial charge >= 0.3 is 83.7 Å². The van der Waals surface area contributed by atoms with Gasteiger partial charge in [-0.2, -0.15) is 0 Å². The van der Waals surface area contributed by atoms with Gasteiger partial charge < -0.3 is 0 Å². The van der Waals surface area contributed by atoms with Gasteiger partial charge in [0, 0.05) is 0 Å². The van der Waals surface area contributed by atoms with Crippen LogP contribution < -0.4 is 0 Å². The van der Waals surface area contributed by atoms with Crippen molar-refractivity contribution in [2.24, 2.45) is 0 Å². The fourth-order valence-electron chi connectivity index (χ4n) is 1.16. The monoisotopic (exact) mass is 234 g/mol. The van der Waals surface area contributed by atoms with Crippen molar-refractivity contribution in [2.75, 3.05) is 0 Å². The van der Waals surface area contributed by atoms with E-state index in [9.17, 15) is 0 Å². The van der Waals surface area contributed by atoms with Crippen LogP contribution in [0.15, 0.2) is 12.2 Å². The Morgan fingerprint density at radius 1 is 1.25 bits per heavy atom. The van der Waals surface area contributed by atoms with E-state index in [0.29, 0.717) is 0 Å². The van der Waals surface area contributed by atoms with Crippen LogP contribution in [0.1, 0.15) is 46.0 Å². The van der Waals surface area contributed by atoms with Crippen LogP contribution in [0.3, 0.4) is 0 Å². The number of allylic oxidation sites excluding steroid dienone is 2. The Labute approximate surface area is 84.0 Å². The van der Waals surface area contributed by atoms with Crippen molar-refractivity contribution in [3.05, 3.63) is 12.2 Å². The standard InChI is InChI=1S/C11H22Se/c1-4-5-6-7-8-9-10-11(2)12-3/h4-5,11H,6-10H2,1-3H3/b5-4+. The summed E-state index contributed by atoms with van der Waals surface area (Å²) in [6.07, 6.45) is 11.4. The summed E-state index contributed by atoms with van der Waals surface area (Å²) in [5, 5.41) is 0. The van der Waals surface area contributed by atoms with Crippen LogP contribution in [0.2, 0.25) is 10.6 Å². The van der Waals surface area contributed by atoms with Gasteiger partial charge in [0.05, 0.1) is 0 Å². The maximum atomic E-state index is 2.38. The van der Waals surface area contributed by atoms with Crippen LogP contribution in [0.5, 0.6) is 0 Å². The SMILES string of the molecule is C/C=C/CCCCCC(C)[Se]C. The molecule has 0 aromatic rings. The predicted octanol–water partition coefficient (Wildman–Crippen LogP) is 4.07. The molecule has 0 aliphatic rings. The third-order valence-electron chi connectivity index (χ3n) is 2.12. The van der Waals surface area contributed by atoms with Crippen molar-refractivity contribution < 1.29 is 0 Å². The second-order valence-electron chi connectivity index (χ2n) is 3.25. The summed E-state index contributed by atoms with van der Waals surface area (Å²) in [4.78, 5) is 0.999. The van der Waals surface area contributed by atoms with E-state index >= 15 is 0 Å². The van der Waals surface area contributed by atoms with E-state index in [1.807, 2.05) is 0 Å². The molecule has 0 radical (unpaired) electrons. The normalized spacial score (nSPS) is 13.9. The summed E-state index contributed by atoms with van der Waals surface area (Å²) in [6.45, 7) is 4.48. The first-order valence-electron chi connectivity index (χ1n) is 4.95. The van der Waals surface area contributed by atoms with Gasteiger partial charge in [0.2, 0.25) is 0 Å². The summed E-state index contributed by atoms with van der Waals surface area (Å²) >= 11 is 0.864. The minimum atomic E-state index is 0.864. The van der Waals surface area contributed by atoms with Crippen LogP contribution >= 0.6 is 0 Å². The van der Waals surface area contributed by atoms with Gasteiger partial charge in [-0.3, -0.25) is 0 Å². The first-order chi connectivity index (χ1) is 5.81. The Kier molecular flexibility index (Phi) is 9.55. The molecule has 0 heterocycles. The molecule has 0 aromatic heterocycles. The Balaban J connectivity index is 3.00. The molecule has 12 heavy (non-hydrogen) atoms. The van der Waals surface area contributed by atoms with Crippen LogP contribution in [0.4, 0.5) is 0 Å². The van der Waals surface area contributed by atoms with E-state index in [1.165, 1.54) is 32.1 Å². The van der Waals surface area contributed by atoms with Gasteiger partial charge in [-0.1, -0.05) is 0 Å². The summed E-state index contributed by atoms with van der Waals surface area (Å²) in [5.74, 6) is 2.34. The molecule has 1 atom stereocenters. The van der Waals surface area contributed by atoms with Gasteiger partial charge in [0.1, 0.15) is 0 Å². The van der Waals surface area contributed by atoms with E-state index in [1.54, 1.807) is 0 Å². The second-order valence-corrected chi connectivity index (χ2v) is 5.93. The van der Waals surface area contributed by atoms with E-state index in [0.717, 1.165) is 19.8 Å². The van der Waals surface area contributed by atoms with Crippen molar-refractivity contribution in [3.63, 3.8) is 0 Å². The van der Waals surface area contributed by atoms with Gasteiger partial charge in [-0.25, -0.2) is 0 Å². The summed E-state index contributed by atoms with van der Waals surface area (Å²) in [5.41, 5.74) is 0. The molecule has 0 saturated heterocycles. The number of unbranched alkanes of at least 4 members (excludes halogenated alkanes) is 3.